The largest absolute Gasteiger partial charge is 0.397 e. The number of nitrogens with zero attached hydrogens (tertiary/aromatic N) is 3. The Morgan fingerprint density at radius 2 is 2.05 bits per heavy atom. The van der Waals surface area contributed by atoms with E-state index in [0.717, 1.165) is 29.1 Å². The number of nitrogen functional groups attached to an aromatic ring is 1. The molecule has 0 fully saturated rings. The summed E-state index contributed by atoms with van der Waals surface area (Å²) in [6, 6.07) is 10.1. The molecule has 0 amide bonds. The molecule has 96 valence electrons. The fraction of sp³-hybridized carbons (Fsp3) is 0.200. The minimum atomic E-state index is 0.666. The molecule has 0 aliphatic heterocycles. The smallest absolute Gasteiger partial charge is 0.159 e. The summed E-state index contributed by atoms with van der Waals surface area (Å²) in [5, 5.41) is 0. The predicted molar refractivity (Wildman–Crippen MR) is 77.8 cm³/mol. The molecule has 2 aromatic heterocycles. The van der Waals surface area contributed by atoms with E-state index in [0.29, 0.717) is 5.69 Å². The van der Waals surface area contributed by atoms with Gasteiger partial charge in [-0.15, -0.1) is 0 Å². The van der Waals surface area contributed by atoms with Gasteiger partial charge in [-0.1, -0.05) is 6.07 Å². The topological polar surface area (TPSA) is 56.7 Å². The lowest BCUT2D eigenvalue weighted by atomic mass is 10.2. The van der Waals surface area contributed by atoms with Crippen molar-refractivity contribution in [2.24, 2.45) is 0 Å². The second kappa shape index (κ2) is 4.39. The summed E-state index contributed by atoms with van der Waals surface area (Å²) in [4.78, 5) is 9.07. The van der Waals surface area contributed by atoms with Gasteiger partial charge in [0.1, 0.15) is 5.69 Å². The van der Waals surface area contributed by atoms with Gasteiger partial charge in [0, 0.05) is 6.54 Å². The molecular formula is C15H16N4. The number of imidazole rings is 1. The maximum absolute atomic E-state index is 5.68. The number of rotatable bonds is 2. The highest BCUT2D eigenvalue weighted by molar-refractivity contribution is 5.80. The Balaban J connectivity index is 2.25. The van der Waals surface area contributed by atoms with Crippen LogP contribution in [0.4, 0.5) is 5.69 Å². The van der Waals surface area contributed by atoms with Crippen molar-refractivity contribution in [3.8, 4) is 11.5 Å². The quantitative estimate of drug-likeness (QED) is 0.762. The number of hydrogen-bond acceptors (Lipinski definition) is 3. The first-order chi connectivity index (χ1) is 9.19. The highest BCUT2D eigenvalue weighted by Crippen LogP contribution is 2.24. The lowest BCUT2D eigenvalue weighted by Crippen LogP contribution is -1.99. The first-order valence-corrected chi connectivity index (χ1v) is 6.38. The number of anilines is 1. The van der Waals surface area contributed by atoms with Crippen molar-refractivity contribution < 1.29 is 0 Å². The van der Waals surface area contributed by atoms with Crippen LogP contribution in [0.2, 0.25) is 0 Å². The molecule has 0 radical (unpaired) electrons. The minimum absolute atomic E-state index is 0.666. The van der Waals surface area contributed by atoms with Gasteiger partial charge in [-0.2, -0.15) is 0 Å². The summed E-state index contributed by atoms with van der Waals surface area (Å²) in [6.07, 6.45) is 1.67. The average molecular weight is 252 g/mol. The molecule has 4 heteroatoms. The van der Waals surface area contributed by atoms with E-state index < -0.39 is 0 Å². The molecule has 0 bridgehead atoms. The van der Waals surface area contributed by atoms with Crippen LogP contribution in [0.25, 0.3) is 22.6 Å². The van der Waals surface area contributed by atoms with Crippen molar-refractivity contribution in [3.05, 3.63) is 42.1 Å². The van der Waals surface area contributed by atoms with Crippen molar-refractivity contribution in [2.75, 3.05) is 5.73 Å². The summed E-state index contributed by atoms with van der Waals surface area (Å²) < 4.78 is 2.17. The number of benzene rings is 1. The van der Waals surface area contributed by atoms with E-state index in [1.807, 2.05) is 12.1 Å². The van der Waals surface area contributed by atoms with Crippen LogP contribution in [0.15, 0.2) is 36.5 Å². The molecule has 0 saturated carbocycles. The fourth-order valence-corrected chi connectivity index (χ4v) is 2.29. The van der Waals surface area contributed by atoms with Gasteiger partial charge < -0.3 is 10.3 Å². The SMILES string of the molecule is CCn1c(-c2ccc(N)cn2)nc2cc(C)ccc21. The number of aryl methyl sites for hydroxylation is 2. The van der Waals surface area contributed by atoms with Gasteiger partial charge in [0.2, 0.25) is 0 Å². The second-order valence-electron chi connectivity index (χ2n) is 4.65. The van der Waals surface area contributed by atoms with Crippen molar-refractivity contribution in [1.29, 1.82) is 0 Å². The highest BCUT2D eigenvalue weighted by atomic mass is 15.1. The summed E-state index contributed by atoms with van der Waals surface area (Å²) >= 11 is 0. The molecule has 0 unspecified atom stereocenters. The summed E-state index contributed by atoms with van der Waals surface area (Å²) in [5.74, 6) is 0.892. The van der Waals surface area contributed by atoms with Crippen LogP contribution in [-0.2, 0) is 6.54 Å². The third-order valence-electron chi connectivity index (χ3n) is 3.24. The van der Waals surface area contributed by atoms with E-state index in [2.05, 4.69) is 41.6 Å². The van der Waals surface area contributed by atoms with Gasteiger partial charge in [-0.05, 0) is 43.7 Å². The zero-order valence-corrected chi connectivity index (χ0v) is 11.1. The van der Waals surface area contributed by atoms with E-state index in [4.69, 9.17) is 10.7 Å². The molecule has 0 saturated heterocycles. The van der Waals surface area contributed by atoms with Crippen LogP contribution in [-0.4, -0.2) is 14.5 Å². The Morgan fingerprint density at radius 1 is 1.21 bits per heavy atom. The predicted octanol–water partition coefficient (Wildman–Crippen LogP) is 3.01. The number of hydrogen-bond donors (Lipinski definition) is 1. The molecule has 0 aliphatic carbocycles. The molecule has 0 spiro atoms. The maximum atomic E-state index is 5.68. The number of pyridine rings is 1. The second-order valence-corrected chi connectivity index (χ2v) is 4.65. The lowest BCUT2D eigenvalue weighted by Gasteiger charge is -2.05. The lowest BCUT2D eigenvalue weighted by molar-refractivity contribution is 0.793. The van der Waals surface area contributed by atoms with Crippen molar-refractivity contribution >= 4 is 16.7 Å². The van der Waals surface area contributed by atoms with Crippen molar-refractivity contribution in [1.82, 2.24) is 14.5 Å². The van der Waals surface area contributed by atoms with Gasteiger partial charge in [-0.25, -0.2) is 4.98 Å². The average Bonchev–Trinajstić information content (AvgIpc) is 2.77. The maximum Gasteiger partial charge on any atom is 0.159 e. The molecule has 2 heterocycles. The standard InChI is InChI=1S/C15H16N4/c1-3-19-14-7-4-10(2)8-13(14)18-15(19)12-6-5-11(16)9-17-12/h4-9H,3,16H2,1-2H3. The van der Waals surface area contributed by atoms with Crippen LogP contribution in [0, 0.1) is 6.92 Å². The fourth-order valence-electron chi connectivity index (χ4n) is 2.29. The third-order valence-corrected chi connectivity index (χ3v) is 3.24. The van der Waals surface area contributed by atoms with Crippen LogP contribution in [0.3, 0.4) is 0 Å². The normalized spacial score (nSPS) is 11.1. The number of aromatic nitrogens is 3. The molecular weight excluding hydrogens is 236 g/mol. The van der Waals surface area contributed by atoms with Gasteiger partial charge in [-0.3, -0.25) is 4.98 Å². The van der Waals surface area contributed by atoms with Crippen LogP contribution < -0.4 is 5.73 Å². The van der Waals surface area contributed by atoms with E-state index >= 15 is 0 Å². The van der Waals surface area contributed by atoms with Crippen molar-refractivity contribution in [3.63, 3.8) is 0 Å². The molecule has 4 nitrogen and oxygen atoms in total. The molecule has 1 aromatic carbocycles. The van der Waals surface area contributed by atoms with Gasteiger partial charge in [0.15, 0.2) is 5.82 Å². The Morgan fingerprint density at radius 3 is 2.74 bits per heavy atom. The van der Waals surface area contributed by atoms with Crippen LogP contribution >= 0.6 is 0 Å². The van der Waals surface area contributed by atoms with E-state index in [-0.39, 0.29) is 0 Å². The molecule has 0 atom stereocenters. The Hall–Kier alpha value is -2.36. The van der Waals surface area contributed by atoms with E-state index in [9.17, 15) is 0 Å². The van der Waals surface area contributed by atoms with Crippen LogP contribution in [0.5, 0.6) is 0 Å². The molecule has 0 aliphatic rings. The summed E-state index contributed by atoms with van der Waals surface area (Å²) in [7, 11) is 0. The third kappa shape index (κ3) is 1.95. The van der Waals surface area contributed by atoms with Gasteiger partial charge in [0.25, 0.3) is 0 Å². The first kappa shape index (κ1) is 11.7. The monoisotopic (exact) mass is 252 g/mol. The first-order valence-electron chi connectivity index (χ1n) is 6.38. The molecule has 3 rings (SSSR count). The minimum Gasteiger partial charge on any atom is -0.397 e. The summed E-state index contributed by atoms with van der Waals surface area (Å²) in [5.41, 5.74) is 10.6. The van der Waals surface area contributed by atoms with Gasteiger partial charge >= 0.3 is 0 Å². The molecule has 2 N–H and O–H groups in total. The van der Waals surface area contributed by atoms with Crippen LogP contribution in [0.1, 0.15) is 12.5 Å². The van der Waals surface area contributed by atoms with E-state index in [1.165, 1.54) is 5.56 Å². The Labute approximate surface area is 111 Å². The zero-order chi connectivity index (χ0) is 13.4. The zero-order valence-electron chi connectivity index (χ0n) is 11.1. The highest BCUT2D eigenvalue weighted by Gasteiger charge is 2.12. The number of fused-ring (bicyclic) bond motifs is 1. The molecule has 3 aromatic rings. The number of nitrogens with two attached hydrogens (primary N) is 1. The Kier molecular flexibility index (Phi) is 2.71. The van der Waals surface area contributed by atoms with Gasteiger partial charge in [0.05, 0.1) is 22.9 Å². The summed E-state index contributed by atoms with van der Waals surface area (Å²) in [6.45, 7) is 5.05. The van der Waals surface area contributed by atoms with Crippen molar-refractivity contribution in [2.45, 2.75) is 20.4 Å². The Bertz CT molecular complexity index is 726. The van der Waals surface area contributed by atoms with E-state index in [1.54, 1.807) is 6.20 Å². The molecule has 19 heavy (non-hydrogen) atoms.